The lowest BCUT2D eigenvalue weighted by Gasteiger charge is -2.21. The molecule has 0 saturated heterocycles. The van der Waals surface area contributed by atoms with E-state index in [2.05, 4.69) is 33.6 Å². The van der Waals surface area contributed by atoms with Gasteiger partial charge in [-0.25, -0.2) is 0 Å². The van der Waals surface area contributed by atoms with E-state index < -0.39 is 48.4 Å². The minimum Gasteiger partial charge on any atom is -0.480 e. The van der Waals surface area contributed by atoms with Gasteiger partial charge in [0, 0.05) is 22.9 Å². The van der Waals surface area contributed by atoms with E-state index >= 15 is 0 Å². The molecule has 0 spiro atoms. The maximum absolute atomic E-state index is 12.4. The molecule has 11 heteroatoms. The molecule has 0 fully saturated rings. The summed E-state index contributed by atoms with van der Waals surface area (Å²) in [7, 11) is 0. The molecule has 0 aliphatic heterocycles. The van der Waals surface area contributed by atoms with Gasteiger partial charge in [-0.1, -0.05) is 18.2 Å². The Hall–Kier alpha value is -3.05. The number of para-hydroxylation sites is 1. The highest BCUT2D eigenvalue weighted by molar-refractivity contribution is 7.80. The number of thiol groups is 1. The highest BCUT2D eigenvalue weighted by atomic mass is 32.1. The molecule has 2 rings (SSSR count). The molecule has 162 valence electrons. The van der Waals surface area contributed by atoms with E-state index in [1.54, 1.807) is 6.20 Å². The summed E-state index contributed by atoms with van der Waals surface area (Å²) in [5.41, 5.74) is 7.82. The number of H-pyrrole nitrogens is 1. The van der Waals surface area contributed by atoms with Crippen LogP contribution in [0.3, 0.4) is 0 Å². The van der Waals surface area contributed by atoms with Crippen molar-refractivity contribution in [3.8, 4) is 0 Å². The minimum atomic E-state index is -1.21. The molecule has 0 aliphatic carbocycles. The SMILES string of the molecule is CC(NC(=O)C(N)Cc1c[nH]c2ccccc12)C(=O)NC(CS)C(=O)NCC(=O)O. The number of carbonyl (C=O) groups is 4. The van der Waals surface area contributed by atoms with Crippen LogP contribution in [0.25, 0.3) is 10.9 Å². The number of aromatic nitrogens is 1. The van der Waals surface area contributed by atoms with E-state index in [1.807, 2.05) is 24.3 Å². The third kappa shape index (κ3) is 6.22. The third-order valence-corrected chi connectivity index (χ3v) is 4.80. The van der Waals surface area contributed by atoms with E-state index in [-0.39, 0.29) is 12.2 Å². The standard InChI is InChI=1S/C19H25N5O5S/c1-10(17(27)24-15(9-30)19(29)22-8-16(25)26)23-18(28)13(20)6-11-7-21-14-5-3-2-4-12(11)14/h2-5,7,10,13,15,21,30H,6,8-9,20H2,1H3,(H,22,29)(H,23,28)(H,24,27)(H,25,26). The maximum atomic E-state index is 12.4. The summed E-state index contributed by atoms with van der Waals surface area (Å²) in [4.78, 5) is 50.3. The predicted molar refractivity (Wildman–Crippen MR) is 114 cm³/mol. The quantitative estimate of drug-likeness (QED) is 0.240. The molecule has 1 aromatic carbocycles. The molecule has 0 saturated carbocycles. The average Bonchev–Trinajstić information content (AvgIpc) is 3.12. The largest absolute Gasteiger partial charge is 0.480 e. The number of rotatable bonds is 10. The fourth-order valence-electron chi connectivity index (χ4n) is 2.79. The molecule has 1 aromatic heterocycles. The van der Waals surface area contributed by atoms with Crippen molar-refractivity contribution < 1.29 is 24.3 Å². The molecule has 3 unspecified atom stereocenters. The monoisotopic (exact) mass is 435 g/mol. The first-order valence-corrected chi connectivity index (χ1v) is 9.87. The number of carbonyl (C=O) groups excluding carboxylic acids is 3. The van der Waals surface area contributed by atoms with Crippen molar-refractivity contribution in [1.82, 2.24) is 20.9 Å². The van der Waals surface area contributed by atoms with E-state index in [1.165, 1.54) is 6.92 Å². The molecule has 0 bridgehead atoms. The van der Waals surface area contributed by atoms with Gasteiger partial charge in [-0.3, -0.25) is 19.2 Å². The maximum Gasteiger partial charge on any atom is 0.322 e. The van der Waals surface area contributed by atoms with Crippen LogP contribution in [0, 0.1) is 0 Å². The van der Waals surface area contributed by atoms with Crippen molar-refractivity contribution in [3.63, 3.8) is 0 Å². The van der Waals surface area contributed by atoms with Crippen LogP contribution >= 0.6 is 12.6 Å². The molecule has 3 atom stereocenters. The number of aromatic amines is 1. The van der Waals surface area contributed by atoms with Crippen molar-refractivity contribution >= 4 is 47.2 Å². The van der Waals surface area contributed by atoms with Crippen molar-refractivity contribution in [2.24, 2.45) is 5.73 Å². The molecule has 30 heavy (non-hydrogen) atoms. The van der Waals surface area contributed by atoms with Crippen LogP contribution in [0.1, 0.15) is 12.5 Å². The van der Waals surface area contributed by atoms with Crippen molar-refractivity contribution in [2.45, 2.75) is 31.5 Å². The molecule has 10 nitrogen and oxygen atoms in total. The van der Waals surface area contributed by atoms with Crippen LogP contribution in [-0.2, 0) is 25.6 Å². The second-order valence-electron chi connectivity index (χ2n) is 6.76. The summed E-state index contributed by atoms with van der Waals surface area (Å²) in [5.74, 6) is -3.07. The second-order valence-corrected chi connectivity index (χ2v) is 7.12. The van der Waals surface area contributed by atoms with Gasteiger partial charge in [0.25, 0.3) is 0 Å². The number of hydrogen-bond donors (Lipinski definition) is 7. The van der Waals surface area contributed by atoms with Gasteiger partial charge in [0.2, 0.25) is 17.7 Å². The zero-order valence-electron chi connectivity index (χ0n) is 16.3. The predicted octanol–water partition coefficient (Wildman–Crippen LogP) is -0.842. The van der Waals surface area contributed by atoms with Gasteiger partial charge < -0.3 is 31.8 Å². The number of benzene rings is 1. The normalized spacial score (nSPS) is 13.8. The van der Waals surface area contributed by atoms with Crippen LogP contribution in [0.2, 0.25) is 0 Å². The number of carboxylic acids is 1. The van der Waals surface area contributed by atoms with Crippen LogP contribution < -0.4 is 21.7 Å². The Labute approximate surface area is 178 Å². The van der Waals surface area contributed by atoms with Crippen LogP contribution in [0.5, 0.6) is 0 Å². The summed E-state index contributed by atoms with van der Waals surface area (Å²) in [6.45, 7) is 0.879. The van der Waals surface area contributed by atoms with Crippen molar-refractivity contribution in [2.75, 3.05) is 12.3 Å². The lowest BCUT2D eigenvalue weighted by Crippen LogP contribution is -2.55. The molecule has 0 aliphatic rings. The Bertz CT molecular complexity index is 931. The summed E-state index contributed by atoms with van der Waals surface area (Å²) in [6.07, 6.45) is 2.07. The molecule has 0 radical (unpaired) electrons. The Balaban J connectivity index is 1.89. The summed E-state index contributed by atoms with van der Waals surface area (Å²) in [5, 5.41) is 16.7. The first kappa shape index (κ1) is 23.2. The summed E-state index contributed by atoms with van der Waals surface area (Å²) >= 11 is 3.99. The number of carboxylic acid groups (broad SMARTS) is 1. The number of nitrogens with one attached hydrogen (secondary N) is 4. The lowest BCUT2D eigenvalue weighted by atomic mass is 10.0. The van der Waals surface area contributed by atoms with E-state index in [0.29, 0.717) is 0 Å². The van der Waals surface area contributed by atoms with Gasteiger partial charge in [0.15, 0.2) is 0 Å². The smallest absolute Gasteiger partial charge is 0.322 e. The van der Waals surface area contributed by atoms with Crippen molar-refractivity contribution in [1.29, 1.82) is 0 Å². The van der Waals surface area contributed by atoms with E-state index in [0.717, 1.165) is 16.5 Å². The number of hydrogen-bond acceptors (Lipinski definition) is 6. The fraction of sp³-hybridized carbons (Fsp3) is 0.368. The Morgan fingerprint density at radius 1 is 1.13 bits per heavy atom. The Morgan fingerprint density at radius 3 is 2.50 bits per heavy atom. The highest BCUT2D eigenvalue weighted by Crippen LogP contribution is 2.18. The summed E-state index contributed by atoms with van der Waals surface area (Å²) in [6, 6.07) is 4.76. The van der Waals surface area contributed by atoms with Gasteiger partial charge in [-0.15, -0.1) is 0 Å². The first-order chi connectivity index (χ1) is 14.2. The molecule has 1 heterocycles. The van der Waals surface area contributed by atoms with Gasteiger partial charge >= 0.3 is 5.97 Å². The zero-order chi connectivity index (χ0) is 22.3. The van der Waals surface area contributed by atoms with Gasteiger partial charge in [0.05, 0.1) is 6.04 Å². The highest BCUT2D eigenvalue weighted by Gasteiger charge is 2.25. The molecular formula is C19H25N5O5S. The van der Waals surface area contributed by atoms with Gasteiger partial charge in [-0.2, -0.15) is 12.6 Å². The topological polar surface area (TPSA) is 166 Å². The number of amides is 3. The number of fused-ring (bicyclic) bond motifs is 1. The summed E-state index contributed by atoms with van der Waals surface area (Å²) < 4.78 is 0. The van der Waals surface area contributed by atoms with Crippen LogP contribution in [0.4, 0.5) is 0 Å². The lowest BCUT2D eigenvalue weighted by molar-refractivity contribution is -0.138. The first-order valence-electron chi connectivity index (χ1n) is 9.24. The van der Waals surface area contributed by atoms with Gasteiger partial charge in [0.1, 0.15) is 18.6 Å². The molecule has 2 aromatic rings. The van der Waals surface area contributed by atoms with Gasteiger partial charge in [-0.05, 0) is 25.0 Å². The van der Waals surface area contributed by atoms with Crippen LogP contribution in [-0.4, -0.2) is 64.2 Å². The van der Waals surface area contributed by atoms with E-state index in [4.69, 9.17) is 10.8 Å². The molecular weight excluding hydrogens is 410 g/mol. The Kier molecular flexibility index (Phi) is 8.25. The molecule has 7 N–H and O–H groups in total. The third-order valence-electron chi connectivity index (χ3n) is 4.43. The Morgan fingerprint density at radius 2 is 1.83 bits per heavy atom. The number of nitrogens with two attached hydrogens (primary N) is 1. The second kappa shape index (κ2) is 10.6. The van der Waals surface area contributed by atoms with E-state index in [9.17, 15) is 19.2 Å². The van der Waals surface area contributed by atoms with Crippen molar-refractivity contribution in [3.05, 3.63) is 36.0 Å². The zero-order valence-corrected chi connectivity index (χ0v) is 17.2. The number of aliphatic carboxylic acids is 1. The minimum absolute atomic E-state index is 0.0437. The fourth-order valence-corrected chi connectivity index (χ4v) is 3.05. The van der Waals surface area contributed by atoms with Crippen LogP contribution in [0.15, 0.2) is 30.5 Å². The molecule has 3 amide bonds. The average molecular weight is 436 g/mol.